The molecule has 6 heteroatoms. The van der Waals surface area contributed by atoms with E-state index in [0.29, 0.717) is 22.9 Å². The molecule has 1 N–H and O–H groups in total. The minimum atomic E-state index is -0.803. The summed E-state index contributed by atoms with van der Waals surface area (Å²) in [5.41, 5.74) is 0.870. The molecule has 0 unspecified atom stereocenters. The van der Waals surface area contributed by atoms with Crippen LogP contribution in [-0.2, 0) is 0 Å². The molecule has 0 aliphatic carbocycles. The van der Waals surface area contributed by atoms with Crippen molar-refractivity contribution in [3.63, 3.8) is 0 Å². The van der Waals surface area contributed by atoms with E-state index in [1.165, 1.54) is 0 Å². The van der Waals surface area contributed by atoms with Crippen LogP contribution in [0.5, 0.6) is 11.5 Å². The molecule has 0 aromatic heterocycles. The lowest BCUT2D eigenvalue weighted by molar-refractivity contribution is 0.0349. The van der Waals surface area contributed by atoms with Crippen LogP contribution in [0.3, 0.4) is 0 Å². The Balaban J connectivity index is 1.81. The SMILES string of the molecule is COc1cccc2c1O[C@@]1(C)C[C@H]2NC(=O)N1c1ccc(Cl)cc1. The van der Waals surface area contributed by atoms with Gasteiger partial charge in [-0.2, -0.15) is 0 Å². The molecule has 2 aromatic carbocycles. The maximum absolute atomic E-state index is 12.7. The monoisotopic (exact) mass is 344 g/mol. The van der Waals surface area contributed by atoms with Gasteiger partial charge in [0.15, 0.2) is 17.2 Å². The zero-order chi connectivity index (χ0) is 16.9. The summed E-state index contributed by atoms with van der Waals surface area (Å²) in [4.78, 5) is 14.4. The Bertz CT molecular complexity index is 808. The number of ether oxygens (including phenoxy) is 2. The Morgan fingerprint density at radius 2 is 2.04 bits per heavy atom. The number of carbonyl (C=O) groups is 1. The number of nitrogens with zero attached hydrogens (tertiary/aromatic N) is 1. The summed E-state index contributed by atoms with van der Waals surface area (Å²) in [7, 11) is 1.61. The molecule has 0 saturated carbocycles. The second-order valence-electron chi connectivity index (χ2n) is 6.17. The predicted molar refractivity (Wildman–Crippen MR) is 91.8 cm³/mol. The van der Waals surface area contributed by atoms with Crippen LogP contribution in [0.25, 0.3) is 0 Å². The van der Waals surface area contributed by atoms with Gasteiger partial charge in [0.2, 0.25) is 0 Å². The first-order valence-electron chi connectivity index (χ1n) is 7.74. The van der Waals surface area contributed by atoms with Crippen molar-refractivity contribution in [2.45, 2.75) is 25.1 Å². The summed E-state index contributed by atoms with van der Waals surface area (Å²) >= 11 is 5.97. The van der Waals surface area contributed by atoms with E-state index < -0.39 is 5.72 Å². The molecule has 5 nitrogen and oxygen atoms in total. The van der Waals surface area contributed by atoms with Gasteiger partial charge in [-0.05, 0) is 37.3 Å². The van der Waals surface area contributed by atoms with Crippen molar-refractivity contribution in [3.8, 4) is 11.5 Å². The molecule has 2 amide bonds. The Kier molecular flexibility index (Phi) is 3.35. The lowest BCUT2D eigenvalue weighted by Crippen LogP contribution is -2.65. The van der Waals surface area contributed by atoms with Crippen LogP contribution in [0.15, 0.2) is 42.5 Å². The van der Waals surface area contributed by atoms with Crippen LogP contribution in [0, 0.1) is 0 Å². The van der Waals surface area contributed by atoms with Gasteiger partial charge in [0.1, 0.15) is 0 Å². The Morgan fingerprint density at radius 3 is 2.75 bits per heavy atom. The lowest BCUT2D eigenvalue weighted by Gasteiger charge is -2.50. The molecule has 2 aliphatic heterocycles. The lowest BCUT2D eigenvalue weighted by atomic mass is 9.90. The maximum Gasteiger partial charge on any atom is 0.325 e. The molecule has 124 valence electrons. The fourth-order valence-electron chi connectivity index (χ4n) is 3.50. The van der Waals surface area contributed by atoms with Gasteiger partial charge in [-0.1, -0.05) is 23.7 Å². The quantitative estimate of drug-likeness (QED) is 0.891. The van der Waals surface area contributed by atoms with Crippen molar-refractivity contribution < 1.29 is 14.3 Å². The fraction of sp³-hybridized carbons (Fsp3) is 0.278. The number of fused-ring (bicyclic) bond motifs is 4. The third-order valence-corrected chi connectivity index (χ3v) is 4.82. The molecule has 1 saturated heterocycles. The van der Waals surface area contributed by atoms with Crippen LogP contribution in [0.4, 0.5) is 10.5 Å². The summed E-state index contributed by atoms with van der Waals surface area (Å²) in [5, 5.41) is 3.68. The van der Waals surface area contributed by atoms with Crippen molar-refractivity contribution in [1.29, 1.82) is 0 Å². The molecule has 1 fully saturated rings. The second-order valence-corrected chi connectivity index (χ2v) is 6.61. The van der Waals surface area contributed by atoms with E-state index in [9.17, 15) is 4.79 Å². The van der Waals surface area contributed by atoms with Crippen molar-refractivity contribution in [2.24, 2.45) is 0 Å². The smallest absolute Gasteiger partial charge is 0.325 e. The molecule has 2 bridgehead atoms. The highest BCUT2D eigenvalue weighted by Crippen LogP contribution is 2.48. The van der Waals surface area contributed by atoms with Crippen molar-refractivity contribution >= 4 is 23.3 Å². The molecule has 2 atom stereocenters. The van der Waals surface area contributed by atoms with Crippen LogP contribution < -0.4 is 19.7 Å². The van der Waals surface area contributed by atoms with Gasteiger partial charge >= 0.3 is 6.03 Å². The summed E-state index contributed by atoms with van der Waals surface area (Å²) in [6, 6.07) is 12.6. The van der Waals surface area contributed by atoms with Gasteiger partial charge in [-0.25, -0.2) is 4.79 Å². The topological polar surface area (TPSA) is 50.8 Å². The Hall–Kier alpha value is -2.40. The van der Waals surface area contributed by atoms with Gasteiger partial charge in [0.25, 0.3) is 0 Å². The van der Waals surface area contributed by atoms with E-state index in [-0.39, 0.29) is 12.1 Å². The second kappa shape index (κ2) is 5.31. The maximum atomic E-state index is 12.7. The van der Waals surface area contributed by atoms with Gasteiger partial charge in [-0.3, -0.25) is 4.90 Å². The van der Waals surface area contributed by atoms with E-state index in [4.69, 9.17) is 21.1 Å². The van der Waals surface area contributed by atoms with Crippen LogP contribution in [0.1, 0.15) is 24.9 Å². The van der Waals surface area contributed by atoms with Crippen molar-refractivity contribution in [2.75, 3.05) is 12.0 Å². The number of amides is 2. The van der Waals surface area contributed by atoms with E-state index in [1.54, 1.807) is 24.1 Å². The standard InChI is InChI=1S/C18H17ClN2O3/c1-18-10-14(13-4-3-5-15(23-2)16(13)24-18)20-17(22)21(18)12-8-6-11(19)7-9-12/h3-9,14H,10H2,1-2H3,(H,20,22)/t14-,18+/m1/s1. The van der Waals surface area contributed by atoms with Gasteiger partial charge in [0.05, 0.1) is 13.2 Å². The van der Waals surface area contributed by atoms with Crippen LogP contribution >= 0.6 is 11.6 Å². The summed E-state index contributed by atoms with van der Waals surface area (Å²) < 4.78 is 11.7. The van der Waals surface area contributed by atoms with Crippen molar-refractivity contribution in [1.82, 2.24) is 5.32 Å². The first-order valence-corrected chi connectivity index (χ1v) is 8.12. The van der Waals surface area contributed by atoms with Crippen LogP contribution in [-0.4, -0.2) is 18.9 Å². The number of anilines is 1. The molecule has 2 heterocycles. The summed E-state index contributed by atoms with van der Waals surface area (Å²) in [6.45, 7) is 1.92. The van der Waals surface area contributed by atoms with Crippen LogP contribution in [0.2, 0.25) is 5.02 Å². The Morgan fingerprint density at radius 1 is 1.29 bits per heavy atom. The van der Waals surface area contributed by atoms with Crippen molar-refractivity contribution in [3.05, 3.63) is 53.1 Å². The molecule has 2 aliphatic rings. The minimum Gasteiger partial charge on any atom is -0.493 e. The highest BCUT2D eigenvalue weighted by Gasteiger charge is 2.50. The zero-order valence-electron chi connectivity index (χ0n) is 13.4. The third kappa shape index (κ3) is 2.19. The number of rotatable bonds is 2. The van der Waals surface area contributed by atoms with E-state index in [2.05, 4.69) is 5.32 Å². The predicted octanol–water partition coefficient (Wildman–Crippen LogP) is 4.12. The molecular formula is C18H17ClN2O3. The largest absolute Gasteiger partial charge is 0.493 e. The normalized spacial score (nSPS) is 24.7. The number of hydrogen-bond donors (Lipinski definition) is 1. The molecule has 0 radical (unpaired) electrons. The van der Waals surface area contributed by atoms with Gasteiger partial charge in [0, 0.05) is 22.7 Å². The van der Waals surface area contributed by atoms with E-state index >= 15 is 0 Å². The minimum absolute atomic E-state index is 0.107. The third-order valence-electron chi connectivity index (χ3n) is 4.57. The van der Waals surface area contributed by atoms with E-state index in [1.807, 2.05) is 37.3 Å². The zero-order valence-corrected chi connectivity index (χ0v) is 14.1. The highest BCUT2D eigenvalue weighted by molar-refractivity contribution is 6.30. The molecular weight excluding hydrogens is 328 g/mol. The highest BCUT2D eigenvalue weighted by atomic mass is 35.5. The first kappa shape index (κ1) is 15.1. The first-order chi connectivity index (χ1) is 11.5. The summed E-state index contributed by atoms with van der Waals surface area (Å²) in [5.74, 6) is 1.34. The molecule has 2 aromatic rings. The molecule has 0 spiro atoms. The summed E-state index contributed by atoms with van der Waals surface area (Å²) in [6.07, 6.45) is 0.640. The Labute approximate surface area is 145 Å². The number of urea groups is 1. The number of para-hydroxylation sites is 1. The number of benzene rings is 2. The number of nitrogens with one attached hydrogen (secondary N) is 1. The fourth-order valence-corrected chi connectivity index (χ4v) is 3.63. The number of methoxy groups -OCH3 is 1. The van der Waals surface area contributed by atoms with E-state index in [0.717, 1.165) is 11.3 Å². The average Bonchev–Trinajstić information content (AvgIpc) is 2.55. The number of carbonyl (C=O) groups excluding carboxylic acids is 1. The number of halogens is 1. The number of hydrogen-bond acceptors (Lipinski definition) is 3. The average molecular weight is 345 g/mol. The molecule has 4 rings (SSSR count). The van der Waals surface area contributed by atoms with Gasteiger partial charge < -0.3 is 14.8 Å². The molecule has 24 heavy (non-hydrogen) atoms. The van der Waals surface area contributed by atoms with Gasteiger partial charge in [-0.15, -0.1) is 0 Å².